The summed E-state index contributed by atoms with van der Waals surface area (Å²) < 4.78 is 6.71. The highest BCUT2D eigenvalue weighted by molar-refractivity contribution is 5.07. The zero-order chi connectivity index (χ0) is 23.9. The Morgan fingerprint density at radius 1 is 1.28 bits per heavy atom. The summed E-state index contributed by atoms with van der Waals surface area (Å²) in [5.74, 6) is 2.17. The van der Waals surface area contributed by atoms with Gasteiger partial charge in [-0.3, -0.25) is 0 Å². The van der Waals surface area contributed by atoms with Gasteiger partial charge >= 0.3 is 0 Å². The smallest absolute Gasteiger partial charge is 0.0879 e. The standard InChI is InChI=1S/C29H50O3/c1-21(11-8-17-28(6,31)18-10-13-23(3)25(5)30)12-9-19-29(7)20-16-26-15-14-22(2)24(4)27(26)32-29/h11,14-15,22-24,26-27,30-31H,5,8-10,12-13,16-20H2,1-4,6-7H3/b21-11+. The number of hydrogen-bond donors (Lipinski definition) is 2. The van der Waals surface area contributed by atoms with Crippen LogP contribution in [0.25, 0.3) is 0 Å². The van der Waals surface area contributed by atoms with Gasteiger partial charge in [0, 0.05) is 11.8 Å². The van der Waals surface area contributed by atoms with Crippen LogP contribution in [0.15, 0.2) is 36.1 Å². The monoisotopic (exact) mass is 446 g/mol. The molecule has 0 aromatic heterocycles. The van der Waals surface area contributed by atoms with Crippen LogP contribution >= 0.6 is 0 Å². The molecule has 32 heavy (non-hydrogen) atoms. The van der Waals surface area contributed by atoms with E-state index in [1.165, 1.54) is 12.0 Å². The molecule has 0 spiro atoms. The van der Waals surface area contributed by atoms with Gasteiger partial charge in [0.2, 0.25) is 0 Å². The van der Waals surface area contributed by atoms with E-state index in [0.29, 0.717) is 23.9 Å². The topological polar surface area (TPSA) is 49.7 Å². The molecule has 0 aromatic rings. The lowest BCUT2D eigenvalue weighted by atomic mass is 9.72. The molecule has 1 aliphatic heterocycles. The molecule has 0 aromatic carbocycles. The van der Waals surface area contributed by atoms with Gasteiger partial charge in [0.15, 0.2) is 0 Å². The zero-order valence-corrected chi connectivity index (χ0v) is 21.7. The average molecular weight is 447 g/mol. The summed E-state index contributed by atoms with van der Waals surface area (Å²) in [5.41, 5.74) is 0.794. The van der Waals surface area contributed by atoms with Gasteiger partial charge in [0.25, 0.3) is 0 Å². The second-order valence-corrected chi connectivity index (χ2v) is 11.6. The van der Waals surface area contributed by atoms with Crippen molar-refractivity contribution in [3.05, 3.63) is 36.1 Å². The third-order valence-corrected chi connectivity index (χ3v) is 8.23. The highest BCUT2D eigenvalue weighted by Gasteiger charge is 2.42. The van der Waals surface area contributed by atoms with Crippen LogP contribution in [0.3, 0.4) is 0 Å². The first-order valence-corrected chi connectivity index (χ1v) is 13.0. The van der Waals surface area contributed by atoms with Crippen LogP contribution in [0.2, 0.25) is 0 Å². The van der Waals surface area contributed by atoms with Gasteiger partial charge in [0.05, 0.1) is 23.1 Å². The molecule has 7 atom stereocenters. The number of aliphatic hydroxyl groups excluding tert-OH is 1. The van der Waals surface area contributed by atoms with E-state index in [9.17, 15) is 10.2 Å². The largest absolute Gasteiger partial charge is 0.513 e. The van der Waals surface area contributed by atoms with Gasteiger partial charge in [0.1, 0.15) is 0 Å². The summed E-state index contributed by atoms with van der Waals surface area (Å²) in [6.07, 6.45) is 17.5. The van der Waals surface area contributed by atoms with E-state index < -0.39 is 5.60 Å². The Labute approximate surface area is 198 Å². The summed E-state index contributed by atoms with van der Waals surface area (Å²) in [6.45, 7) is 16.7. The van der Waals surface area contributed by atoms with Crippen molar-refractivity contribution in [2.75, 3.05) is 0 Å². The zero-order valence-electron chi connectivity index (χ0n) is 21.7. The Hall–Kier alpha value is -1.06. The third kappa shape index (κ3) is 8.37. The molecule has 3 heteroatoms. The maximum Gasteiger partial charge on any atom is 0.0879 e. The minimum absolute atomic E-state index is 0.0152. The molecule has 1 aliphatic carbocycles. The van der Waals surface area contributed by atoms with E-state index in [1.807, 2.05) is 13.8 Å². The lowest BCUT2D eigenvalue weighted by Crippen LogP contribution is -2.47. The van der Waals surface area contributed by atoms with E-state index in [4.69, 9.17) is 4.74 Å². The maximum absolute atomic E-state index is 10.7. The molecule has 2 N–H and O–H groups in total. The molecule has 0 bridgehead atoms. The SMILES string of the molecule is C=C(O)C(C)CCCC(C)(O)CC/C=C(\C)CCCC1(C)CCC2C=CC(C)C(C)C2O1. The molecule has 184 valence electrons. The molecule has 0 saturated carbocycles. The van der Waals surface area contributed by atoms with Gasteiger partial charge in [-0.25, -0.2) is 0 Å². The Kier molecular flexibility index (Phi) is 10.1. The summed E-state index contributed by atoms with van der Waals surface area (Å²) in [6, 6.07) is 0. The second kappa shape index (κ2) is 11.9. The van der Waals surface area contributed by atoms with Gasteiger partial charge in [-0.2, -0.15) is 0 Å². The minimum atomic E-state index is -0.643. The Bertz CT molecular complexity index is 661. The van der Waals surface area contributed by atoms with Gasteiger partial charge < -0.3 is 14.9 Å². The van der Waals surface area contributed by atoms with Crippen LogP contribution < -0.4 is 0 Å². The first-order valence-electron chi connectivity index (χ1n) is 13.0. The van der Waals surface area contributed by atoms with Gasteiger partial charge in [-0.05, 0) is 96.8 Å². The van der Waals surface area contributed by atoms with E-state index >= 15 is 0 Å². The van der Waals surface area contributed by atoms with Crippen LogP contribution in [-0.4, -0.2) is 27.5 Å². The molecule has 7 unspecified atom stereocenters. The van der Waals surface area contributed by atoms with Crippen molar-refractivity contribution in [1.29, 1.82) is 0 Å². The van der Waals surface area contributed by atoms with Gasteiger partial charge in [-0.15, -0.1) is 0 Å². The summed E-state index contributed by atoms with van der Waals surface area (Å²) in [5, 5.41) is 20.1. The first kappa shape index (κ1) is 27.2. The van der Waals surface area contributed by atoms with Crippen LogP contribution in [0, 0.1) is 23.7 Å². The molecule has 1 fully saturated rings. The highest BCUT2D eigenvalue weighted by atomic mass is 16.5. The minimum Gasteiger partial charge on any atom is -0.513 e. The summed E-state index contributed by atoms with van der Waals surface area (Å²) in [4.78, 5) is 0. The number of allylic oxidation sites excluding steroid dienone is 4. The molecule has 2 rings (SSSR count). The Balaban J connectivity index is 1.69. The third-order valence-electron chi connectivity index (χ3n) is 8.23. The lowest BCUT2D eigenvalue weighted by Gasteiger charge is -2.47. The fourth-order valence-electron chi connectivity index (χ4n) is 5.34. The molecule has 0 amide bonds. The number of fused-ring (bicyclic) bond motifs is 1. The first-order chi connectivity index (χ1) is 14.9. The Morgan fingerprint density at radius 2 is 2.00 bits per heavy atom. The van der Waals surface area contributed by atoms with Gasteiger partial charge in [-0.1, -0.05) is 51.2 Å². The van der Waals surface area contributed by atoms with Crippen molar-refractivity contribution in [2.24, 2.45) is 23.7 Å². The molecule has 1 heterocycles. The maximum atomic E-state index is 10.7. The van der Waals surface area contributed by atoms with E-state index in [1.54, 1.807) is 0 Å². The quantitative estimate of drug-likeness (QED) is 0.236. The van der Waals surface area contributed by atoms with Crippen molar-refractivity contribution >= 4 is 0 Å². The van der Waals surface area contributed by atoms with E-state index in [2.05, 4.69) is 52.5 Å². The van der Waals surface area contributed by atoms with Crippen molar-refractivity contribution in [1.82, 2.24) is 0 Å². The van der Waals surface area contributed by atoms with E-state index in [-0.39, 0.29) is 17.3 Å². The predicted molar refractivity (Wildman–Crippen MR) is 136 cm³/mol. The van der Waals surface area contributed by atoms with Crippen LogP contribution in [0.4, 0.5) is 0 Å². The average Bonchev–Trinajstić information content (AvgIpc) is 2.70. The summed E-state index contributed by atoms with van der Waals surface area (Å²) in [7, 11) is 0. The molecule has 0 radical (unpaired) electrons. The molecular weight excluding hydrogens is 396 g/mol. The number of aliphatic hydroxyl groups is 2. The van der Waals surface area contributed by atoms with Crippen molar-refractivity contribution in [3.63, 3.8) is 0 Å². The second-order valence-electron chi connectivity index (χ2n) is 11.6. The highest BCUT2D eigenvalue weighted by Crippen LogP contribution is 2.43. The number of rotatable bonds is 12. The molecule has 3 nitrogen and oxygen atoms in total. The predicted octanol–water partition coefficient (Wildman–Crippen LogP) is 7.91. The summed E-state index contributed by atoms with van der Waals surface area (Å²) >= 11 is 0. The van der Waals surface area contributed by atoms with Crippen molar-refractivity contribution in [2.45, 2.75) is 123 Å². The van der Waals surface area contributed by atoms with Crippen molar-refractivity contribution in [3.8, 4) is 0 Å². The fourth-order valence-corrected chi connectivity index (χ4v) is 5.34. The number of hydrogen-bond acceptors (Lipinski definition) is 3. The molecule has 2 aliphatic rings. The van der Waals surface area contributed by atoms with Crippen LogP contribution in [0.5, 0.6) is 0 Å². The molecular formula is C29H50O3. The number of ether oxygens (including phenoxy) is 1. The lowest BCUT2D eigenvalue weighted by molar-refractivity contribution is -0.164. The van der Waals surface area contributed by atoms with E-state index in [0.717, 1.165) is 57.8 Å². The normalized spacial score (nSPS) is 33.4. The van der Waals surface area contributed by atoms with Crippen LogP contribution in [0.1, 0.15) is 106 Å². The fraction of sp³-hybridized carbons (Fsp3) is 0.793. The van der Waals surface area contributed by atoms with Crippen molar-refractivity contribution < 1.29 is 14.9 Å². The molecule has 1 saturated heterocycles. The van der Waals surface area contributed by atoms with Crippen LogP contribution in [-0.2, 0) is 4.74 Å². The Morgan fingerprint density at radius 3 is 2.69 bits per heavy atom.